The molecule has 0 aromatic heterocycles. The lowest BCUT2D eigenvalue weighted by Crippen LogP contribution is -1.68. The zero-order valence-corrected chi connectivity index (χ0v) is 12.5. The maximum absolute atomic E-state index is 5.91. The van der Waals surface area contributed by atoms with Crippen LogP contribution in [0.3, 0.4) is 0 Å². The standard InChI is InChI=1S/C14H10Cl2S2/c15-11-3-1-5-13(9-11)17-7-8-18-14-6-2-4-12(16)10-14/h1-10H/b8-7-. The minimum Gasteiger partial charge on any atom is -0.0975 e. The molecule has 0 aliphatic carbocycles. The van der Waals surface area contributed by atoms with Gasteiger partial charge in [-0.25, -0.2) is 0 Å². The largest absolute Gasteiger partial charge is 0.0975 e. The molecule has 92 valence electrons. The first-order chi connectivity index (χ1) is 8.74. The van der Waals surface area contributed by atoms with E-state index in [1.165, 1.54) is 0 Å². The van der Waals surface area contributed by atoms with Gasteiger partial charge in [-0.05, 0) is 47.2 Å². The number of benzene rings is 2. The van der Waals surface area contributed by atoms with Crippen LogP contribution in [0.4, 0.5) is 0 Å². The maximum Gasteiger partial charge on any atom is 0.0417 e. The predicted octanol–water partition coefficient (Wildman–Crippen LogP) is 6.35. The van der Waals surface area contributed by atoms with E-state index in [0.717, 1.165) is 19.8 Å². The summed E-state index contributed by atoms with van der Waals surface area (Å²) in [6.07, 6.45) is 0. The molecule has 0 amide bonds. The molecule has 0 fully saturated rings. The Labute approximate surface area is 125 Å². The molecule has 0 atom stereocenters. The molecule has 2 rings (SSSR count). The highest BCUT2D eigenvalue weighted by atomic mass is 35.5. The molecule has 0 N–H and O–H groups in total. The summed E-state index contributed by atoms with van der Waals surface area (Å²) < 4.78 is 0. The zero-order valence-electron chi connectivity index (χ0n) is 9.35. The van der Waals surface area contributed by atoms with Crippen LogP contribution in [0.1, 0.15) is 0 Å². The number of hydrogen-bond acceptors (Lipinski definition) is 2. The van der Waals surface area contributed by atoms with E-state index in [1.54, 1.807) is 23.5 Å². The van der Waals surface area contributed by atoms with E-state index in [9.17, 15) is 0 Å². The Bertz CT molecular complexity index is 503. The second kappa shape index (κ2) is 7.15. The Balaban J connectivity index is 1.89. The molecule has 0 aliphatic rings. The van der Waals surface area contributed by atoms with Crippen molar-refractivity contribution in [2.45, 2.75) is 9.79 Å². The average molecular weight is 313 g/mol. The molecule has 0 nitrogen and oxygen atoms in total. The van der Waals surface area contributed by atoms with Gasteiger partial charge >= 0.3 is 0 Å². The van der Waals surface area contributed by atoms with Crippen LogP contribution in [0.5, 0.6) is 0 Å². The minimum atomic E-state index is 0.760. The molecule has 0 saturated carbocycles. The van der Waals surface area contributed by atoms with Gasteiger partial charge in [-0.15, -0.1) is 0 Å². The molecule has 0 spiro atoms. The van der Waals surface area contributed by atoms with Gasteiger partial charge in [0.25, 0.3) is 0 Å². The van der Waals surface area contributed by atoms with Crippen molar-refractivity contribution in [2.75, 3.05) is 0 Å². The van der Waals surface area contributed by atoms with Crippen LogP contribution < -0.4 is 0 Å². The van der Waals surface area contributed by atoms with Crippen LogP contribution in [0, 0.1) is 0 Å². The van der Waals surface area contributed by atoms with Gasteiger partial charge in [-0.3, -0.25) is 0 Å². The van der Waals surface area contributed by atoms with E-state index in [1.807, 2.05) is 59.3 Å². The van der Waals surface area contributed by atoms with Crippen LogP contribution in [0.25, 0.3) is 0 Å². The number of thioether (sulfide) groups is 2. The first kappa shape index (κ1) is 13.9. The fourth-order valence-corrected chi connectivity index (χ4v) is 3.27. The van der Waals surface area contributed by atoms with Crippen LogP contribution in [-0.2, 0) is 0 Å². The summed E-state index contributed by atoms with van der Waals surface area (Å²) in [5.41, 5.74) is 0. The van der Waals surface area contributed by atoms with Gasteiger partial charge in [-0.1, -0.05) is 58.9 Å². The van der Waals surface area contributed by atoms with Crippen molar-refractivity contribution in [2.24, 2.45) is 0 Å². The van der Waals surface area contributed by atoms with Crippen LogP contribution in [0.2, 0.25) is 10.0 Å². The van der Waals surface area contributed by atoms with Crippen molar-refractivity contribution < 1.29 is 0 Å². The van der Waals surface area contributed by atoms with E-state index < -0.39 is 0 Å². The first-order valence-electron chi connectivity index (χ1n) is 5.23. The molecule has 2 aromatic rings. The normalized spacial score (nSPS) is 11.0. The molecule has 0 saturated heterocycles. The van der Waals surface area contributed by atoms with Gasteiger partial charge in [0.05, 0.1) is 0 Å². The van der Waals surface area contributed by atoms with Gasteiger partial charge in [-0.2, -0.15) is 0 Å². The fraction of sp³-hybridized carbons (Fsp3) is 0. The summed E-state index contributed by atoms with van der Waals surface area (Å²) in [7, 11) is 0. The second-order valence-electron chi connectivity index (χ2n) is 3.42. The van der Waals surface area contributed by atoms with Crippen molar-refractivity contribution in [3.63, 3.8) is 0 Å². The van der Waals surface area contributed by atoms with Crippen molar-refractivity contribution >= 4 is 46.7 Å². The molecule has 18 heavy (non-hydrogen) atoms. The summed E-state index contributed by atoms with van der Waals surface area (Å²) in [6.45, 7) is 0. The van der Waals surface area contributed by atoms with E-state index in [-0.39, 0.29) is 0 Å². The van der Waals surface area contributed by atoms with Crippen molar-refractivity contribution in [1.29, 1.82) is 0 Å². The van der Waals surface area contributed by atoms with E-state index in [0.29, 0.717) is 0 Å². The molecule has 0 aliphatic heterocycles. The lowest BCUT2D eigenvalue weighted by molar-refractivity contribution is 1.47. The molecular formula is C14H10Cl2S2. The van der Waals surface area contributed by atoms with E-state index >= 15 is 0 Å². The Kier molecular flexibility index (Phi) is 5.51. The Hall–Kier alpha value is -0.540. The van der Waals surface area contributed by atoms with Crippen LogP contribution in [0.15, 0.2) is 69.1 Å². The summed E-state index contributed by atoms with van der Waals surface area (Å²) in [5, 5.41) is 5.60. The second-order valence-corrected chi connectivity index (χ2v) is 6.25. The average Bonchev–Trinajstić information content (AvgIpc) is 2.35. The topological polar surface area (TPSA) is 0 Å². The van der Waals surface area contributed by atoms with Crippen LogP contribution >= 0.6 is 46.7 Å². The molecule has 4 heteroatoms. The van der Waals surface area contributed by atoms with E-state index in [2.05, 4.69) is 0 Å². The quantitative estimate of drug-likeness (QED) is 0.603. The van der Waals surface area contributed by atoms with Crippen LogP contribution in [-0.4, -0.2) is 0 Å². The molecule has 2 aromatic carbocycles. The minimum absolute atomic E-state index is 0.760. The van der Waals surface area contributed by atoms with Gasteiger partial charge in [0.2, 0.25) is 0 Å². The lowest BCUT2D eigenvalue weighted by atomic mass is 10.4. The first-order valence-corrected chi connectivity index (χ1v) is 7.75. The third kappa shape index (κ3) is 4.62. The van der Waals surface area contributed by atoms with Crippen molar-refractivity contribution in [1.82, 2.24) is 0 Å². The SMILES string of the molecule is Clc1cccc(S/C=C\Sc2cccc(Cl)c2)c1. The maximum atomic E-state index is 5.91. The summed E-state index contributed by atoms with van der Waals surface area (Å²) in [4.78, 5) is 2.26. The summed E-state index contributed by atoms with van der Waals surface area (Å²) in [5.74, 6) is 0. The number of rotatable bonds is 4. The molecule has 0 unspecified atom stereocenters. The lowest BCUT2D eigenvalue weighted by Gasteiger charge is -1.97. The predicted molar refractivity (Wildman–Crippen MR) is 83.8 cm³/mol. The van der Waals surface area contributed by atoms with Crippen molar-refractivity contribution in [3.05, 3.63) is 69.4 Å². The third-order valence-electron chi connectivity index (χ3n) is 2.06. The van der Waals surface area contributed by atoms with Crippen molar-refractivity contribution in [3.8, 4) is 0 Å². The molecule has 0 heterocycles. The Morgan fingerprint density at radius 2 is 1.17 bits per heavy atom. The van der Waals surface area contributed by atoms with Gasteiger partial charge in [0.15, 0.2) is 0 Å². The highest BCUT2D eigenvalue weighted by Gasteiger charge is 1.93. The smallest absolute Gasteiger partial charge is 0.0417 e. The van der Waals surface area contributed by atoms with E-state index in [4.69, 9.17) is 23.2 Å². The number of hydrogen-bond donors (Lipinski definition) is 0. The highest BCUT2D eigenvalue weighted by molar-refractivity contribution is 8.05. The summed E-state index contributed by atoms with van der Waals surface area (Å²) >= 11 is 15.1. The van der Waals surface area contributed by atoms with Gasteiger partial charge in [0.1, 0.15) is 0 Å². The molecular weight excluding hydrogens is 303 g/mol. The molecule has 0 radical (unpaired) electrons. The third-order valence-corrected chi connectivity index (χ3v) is 4.29. The molecule has 0 bridgehead atoms. The fourth-order valence-electron chi connectivity index (χ4n) is 1.29. The van der Waals surface area contributed by atoms with Gasteiger partial charge in [0, 0.05) is 19.8 Å². The number of halogens is 2. The zero-order chi connectivity index (χ0) is 12.8. The van der Waals surface area contributed by atoms with Gasteiger partial charge < -0.3 is 0 Å². The summed E-state index contributed by atoms with van der Waals surface area (Å²) in [6, 6.07) is 15.6. The Morgan fingerprint density at radius 3 is 1.56 bits per heavy atom. The highest BCUT2D eigenvalue weighted by Crippen LogP contribution is 2.26. The Morgan fingerprint density at radius 1 is 0.722 bits per heavy atom. The monoisotopic (exact) mass is 312 g/mol.